The highest BCUT2D eigenvalue weighted by Gasteiger charge is 2.42. The molecule has 2 aliphatic heterocycles. The van der Waals surface area contributed by atoms with Crippen LogP contribution in [0.15, 0.2) is 90.0 Å². The fourth-order valence-corrected chi connectivity index (χ4v) is 5.30. The smallest absolute Gasteiger partial charge is 0.247 e. The zero-order valence-corrected chi connectivity index (χ0v) is 19.9. The van der Waals surface area contributed by atoms with Crippen LogP contribution in [0.25, 0.3) is 0 Å². The number of hydrazone groups is 1. The normalized spacial score (nSPS) is 19.7. The number of hydrogen-bond acceptors (Lipinski definition) is 6. The third-order valence-corrected chi connectivity index (χ3v) is 7.16. The van der Waals surface area contributed by atoms with Crippen LogP contribution >= 0.6 is 11.8 Å². The summed E-state index contributed by atoms with van der Waals surface area (Å²) in [6.45, 7) is 0. The number of imide groups is 1. The van der Waals surface area contributed by atoms with Gasteiger partial charge in [0.2, 0.25) is 11.8 Å². The standard InChI is InChI=1S/C27H24N4O3S/c1-34-21-14-12-20(13-15-21)30-25(32)17-24(26(30)33)35-27(28)31-23(19-10-6-3-7-11-19)16-22(29-31)18-8-4-2-5-9-18/h2-15,23-24,28H,16-17H2,1H3/t23-,24+/m0/s1. The molecule has 0 unspecified atom stereocenters. The van der Waals surface area contributed by atoms with E-state index >= 15 is 0 Å². The lowest BCUT2D eigenvalue weighted by Gasteiger charge is -2.24. The van der Waals surface area contributed by atoms with Crippen LogP contribution in [-0.2, 0) is 9.59 Å². The number of benzene rings is 3. The molecule has 3 aromatic rings. The number of nitrogens with one attached hydrogen (secondary N) is 1. The minimum absolute atomic E-state index is 0.0387. The summed E-state index contributed by atoms with van der Waals surface area (Å²) in [6, 6.07) is 26.5. The Hall–Kier alpha value is -3.91. The van der Waals surface area contributed by atoms with E-state index in [2.05, 4.69) is 0 Å². The van der Waals surface area contributed by atoms with Gasteiger partial charge in [-0.25, -0.2) is 9.91 Å². The van der Waals surface area contributed by atoms with Crippen molar-refractivity contribution in [2.75, 3.05) is 12.0 Å². The van der Waals surface area contributed by atoms with Crippen LogP contribution in [0.5, 0.6) is 5.75 Å². The molecule has 3 aromatic carbocycles. The van der Waals surface area contributed by atoms with Crippen molar-refractivity contribution in [1.82, 2.24) is 5.01 Å². The Labute approximate surface area is 207 Å². The van der Waals surface area contributed by atoms with Crippen molar-refractivity contribution in [3.05, 3.63) is 96.1 Å². The molecule has 0 aromatic heterocycles. The Kier molecular flexibility index (Phi) is 6.37. The van der Waals surface area contributed by atoms with Crippen LogP contribution in [-0.4, -0.2) is 40.1 Å². The molecule has 2 aliphatic rings. The van der Waals surface area contributed by atoms with E-state index in [0.29, 0.717) is 17.9 Å². The summed E-state index contributed by atoms with van der Waals surface area (Å²) in [5, 5.41) is 14.8. The maximum atomic E-state index is 13.2. The van der Waals surface area contributed by atoms with Crippen LogP contribution in [0.3, 0.4) is 0 Å². The van der Waals surface area contributed by atoms with E-state index in [4.69, 9.17) is 15.2 Å². The van der Waals surface area contributed by atoms with Crippen LogP contribution in [0.1, 0.15) is 30.0 Å². The van der Waals surface area contributed by atoms with Gasteiger partial charge in [0, 0.05) is 12.8 Å². The number of rotatable bonds is 5. The molecule has 0 aliphatic carbocycles. The van der Waals surface area contributed by atoms with Crippen LogP contribution in [0.4, 0.5) is 5.69 Å². The zero-order valence-electron chi connectivity index (χ0n) is 19.1. The molecule has 1 fully saturated rings. The monoisotopic (exact) mass is 484 g/mol. The molecule has 0 bridgehead atoms. The van der Waals surface area contributed by atoms with E-state index < -0.39 is 5.25 Å². The van der Waals surface area contributed by atoms with Gasteiger partial charge in [-0.2, -0.15) is 5.10 Å². The van der Waals surface area contributed by atoms with E-state index in [1.54, 1.807) is 36.4 Å². The molecule has 2 amide bonds. The van der Waals surface area contributed by atoms with Gasteiger partial charge in [-0.3, -0.25) is 15.0 Å². The van der Waals surface area contributed by atoms with E-state index in [1.165, 1.54) is 4.90 Å². The molecule has 0 spiro atoms. The predicted octanol–water partition coefficient (Wildman–Crippen LogP) is 4.85. The number of carbonyl (C=O) groups is 2. The number of anilines is 1. The summed E-state index contributed by atoms with van der Waals surface area (Å²) in [7, 11) is 1.56. The molecule has 8 heteroatoms. The first kappa shape index (κ1) is 22.9. The summed E-state index contributed by atoms with van der Waals surface area (Å²) in [6.07, 6.45) is 0.684. The second-order valence-corrected chi connectivity index (χ2v) is 9.46. The van der Waals surface area contributed by atoms with Crippen molar-refractivity contribution in [2.45, 2.75) is 24.1 Å². The van der Waals surface area contributed by atoms with E-state index in [9.17, 15) is 9.59 Å². The highest BCUT2D eigenvalue weighted by molar-refractivity contribution is 8.14. The molecule has 2 atom stereocenters. The Morgan fingerprint density at radius 3 is 2.26 bits per heavy atom. The topological polar surface area (TPSA) is 86.1 Å². The number of thioether (sulfide) groups is 1. The maximum Gasteiger partial charge on any atom is 0.247 e. The Morgan fingerprint density at radius 2 is 1.60 bits per heavy atom. The molecule has 7 nitrogen and oxygen atoms in total. The lowest BCUT2D eigenvalue weighted by molar-refractivity contribution is -0.121. The average molecular weight is 485 g/mol. The summed E-state index contributed by atoms with van der Waals surface area (Å²) < 4.78 is 5.16. The quantitative estimate of drug-likeness (QED) is 0.318. The van der Waals surface area contributed by atoms with Crippen LogP contribution < -0.4 is 9.64 Å². The van der Waals surface area contributed by atoms with Gasteiger partial charge < -0.3 is 4.74 Å². The Bertz CT molecular complexity index is 1280. The number of ether oxygens (including phenoxy) is 1. The van der Waals surface area contributed by atoms with E-state index in [1.807, 2.05) is 60.7 Å². The van der Waals surface area contributed by atoms with Crippen molar-refractivity contribution in [3.8, 4) is 5.75 Å². The zero-order chi connectivity index (χ0) is 24.4. The molecule has 5 rings (SSSR count). The van der Waals surface area contributed by atoms with Crippen molar-refractivity contribution in [1.29, 1.82) is 5.41 Å². The number of amidine groups is 1. The average Bonchev–Trinajstić information content (AvgIpc) is 3.46. The van der Waals surface area contributed by atoms with Crippen LogP contribution in [0.2, 0.25) is 0 Å². The van der Waals surface area contributed by atoms with Crippen molar-refractivity contribution >= 4 is 40.1 Å². The highest BCUT2D eigenvalue weighted by atomic mass is 32.2. The lowest BCUT2D eigenvalue weighted by Crippen LogP contribution is -2.32. The van der Waals surface area contributed by atoms with Gasteiger partial charge in [0.05, 0.1) is 24.6 Å². The van der Waals surface area contributed by atoms with E-state index in [0.717, 1.165) is 28.6 Å². The second-order valence-electron chi connectivity index (χ2n) is 8.27. The number of hydrogen-bond donors (Lipinski definition) is 1. The molecule has 1 N–H and O–H groups in total. The predicted molar refractivity (Wildman–Crippen MR) is 138 cm³/mol. The first-order valence-corrected chi connectivity index (χ1v) is 12.2. The minimum Gasteiger partial charge on any atom is -0.497 e. The van der Waals surface area contributed by atoms with Crippen molar-refractivity contribution in [3.63, 3.8) is 0 Å². The summed E-state index contributed by atoms with van der Waals surface area (Å²) in [5.41, 5.74) is 3.44. The molecule has 1 saturated heterocycles. The second kappa shape index (κ2) is 9.76. The molecular formula is C27H24N4O3S. The highest BCUT2D eigenvalue weighted by Crippen LogP contribution is 2.37. The first-order valence-electron chi connectivity index (χ1n) is 11.3. The SMILES string of the molecule is COc1ccc(N2C(=O)C[C@@H](SC(=N)N3N=C(c4ccccc4)C[C@H]3c3ccccc3)C2=O)cc1. The molecule has 0 saturated carbocycles. The number of carbonyl (C=O) groups excluding carboxylic acids is 2. The Morgan fingerprint density at radius 1 is 0.943 bits per heavy atom. The third kappa shape index (κ3) is 4.57. The van der Waals surface area contributed by atoms with Gasteiger partial charge in [0.1, 0.15) is 11.0 Å². The molecule has 35 heavy (non-hydrogen) atoms. The third-order valence-electron chi connectivity index (χ3n) is 6.10. The van der Waals surface area contributed by atoms with Gasteiger partial charge in [-0.15, -0.1) is 0 Å². The largest absolute Gasteiger partial charge is 0.497 e. The molecule has 2 heterocycles. The lowest BCUT2D eigenvalue weighted by atomic mass is 9.99. The Balaban J connectivity index is 1.37. The minimum atomic E-state index is -0.676. The molecular weight excluding hydrogens is 460 g/mol. The van der Waals surface area contributed by atoms with Crippen molar-refractivity contribution < 1.29 is 14.3 Å². The fourth-order valence-electron chi connectivity index (χ4n) is 4.32. The van der Waals surface area contributed by atoms with Gasteiger partial charge in [0.25, 0.3) is 0 Å². The first-order chi connectivity index (χ1) is 17.0. The molecule has 176 valence electrons. The molecule has 0 radical (unpaired) electrons. The number of nitrogens with zero attached hydrogens (tertiary/aromatic N) is 3. The van der Waals surface area contributed by atoms with Gasteiger partial charge >= 0.3 is 0 Å². The van der Waals surface area contributed by atoms with Gasteiger partial charge in [-0.1, -0.05) is 72.4 Å². The maximum absolute atomic E-state index is 13.2. The summed E-state index contributed by atoms with van der Waals surface area (Å²) in [4.78, 5) is 27.1. The van der Waals surface area contributed by atoms with E-state index in [-0.39, 0.29) is 29.4 Å². The summed E-state index contributed by atoms with van der Waals surface area (Å²) in [5.74, 6) is 0.0474. The van der Waals surface area contributed by atoms with Crippen molar-refractivity contribution in [2.24, 2.45) is 5.10 Å². The van der Waals surface area contributed by atoms with Gasteiger partial charge in [-0.05, 0) is 35.4 Å². The number of methoxy groups -OCH3 is 1. The summed E-state index contributed by atoms with van der Waals surface area (Å²) >= 11 is 1.08. The van der Waals surface area contributed by atoms with Gasteiger partial charge in [0.15, 0.2) is 5.17 Å². The number of amides is 2. The van der Waals surface area contributed by atoms with Crippen LogP contribution in [0, 0.1) is 5.41 Å². The fraction of sp³-hybridized carbons (Fsp3) is 0.185.